The summed E-state index contributed by atoms with van der Waals surface area (Å²) in [4.78, 5) is 20.1. The summed E-state index contributed by atoms with van der Waals surface area (Å²) in [6, 6.07) is 0. The number of nitrogens with zero attached hydrogens (tertiary/aromatic N) is 1. The molecule has 0 aliphatic heterocycles. The summed E-state index contributed by atoms with van der Waals surface area (Å²) >= 11 is 0. The standard InChI is InChI=1S/C4H5NO7S/c1-13(10,11)12-5-2(3(6)7)4(8)9/h1H3,(H,6,7)(H,8,9). The van der Waals surface area contributed by atoms with Crippen LogP contribution < -0.4 is 0 Å². The lowest BCUT2D eigenvalue weighted by Gasteiger charge is -1.94. The van der Waals surface area contributed by atoms with E-state index in [1.807, 2.05) is 0 Å². The number of hydrogen-bond donors (Lipinski definition) is 2. The predicted molar refractivity (Wildman–Crippen MR) is 38.6 cm³/mol. The second-order valence-electron chi connectivity index (χ2n) is 1.83. The van der Waals surface area contributed by atoms with Crippen LogP contribution >= 0.6 is 0 Å². The maximum Gasteiger partial charge on any atom is 0.365 e. The van der Waals surface area contributed by atoms with E-state index in [9.17, 15) is 18.0 Å². The van der Waals surface area contributed by atoms with Gasteiger partial charge in [0, 0.05) is 0 Å². The normalized spacial score (nSPS) is 10.2. The molecule has 0 radical (unpaired) electrons. The van der Waals surface area contributed by atoms with E-state index < -0.39 is 27.8 Å². The number of aliphatic carboxylic acids is 2. The molecular formula is C4H5NO7S. The highest BCUT2D eigenvalue weighted by Gasteiger charge is 2.20. The van der Waals surface area contributed by atoms with E-state index in [0.717, 1.165) is 0 Å². The van der Waals surface area contributed by atoms with Crippen LogP contribution in [0.4, 0.5) is 0 Å². The lowest BCUT2D eigenvalue weighted by atomic mass is 10.4. The van der Waals surface area contributed by atoms with E-state index in [1.54, 1.807) is 0 Å². The van der Waals surface area contributed by atoms with Gasteiger partial charge in [0.2, 0.25) is 0 Å². The molecule has 0 aromatic rings. The Labute approximate surface area is 72.5 Å². The van der Waals surface area contributed by atoms with Crippen molar-refractivity contribution in [2.24, 2.45) is 5.16 Å². The van der Waals surface area contributed by atoms with Gasteiger partial charge in [-0.2, -0.15) is 8.42 Å². The number of carbonyl (C=O) groups is 2. The molecule has 0 bridgehead atoms. The summed E-state index contributed by atoms with van der Waals surface area (Å²) in [5.74, 6) is -3.78. The van der Waals surface area contributed by atoms with Gasteiger partial charge in [-0.25, -0.2) is 9.59 Å². The van der Waals surface area contributed by atoms with Crippen molar-refractivity contribution >= 4 is 27.8 Å². The van der Waals surface area contributed by atoms with Crippen molar-refractivity contribution in [1.29, 1.82) is 0 Å². The van der Waals surface area contributed by atoms with E-state index in [0.29, 0.717) is 6.26 Å². The Morgan fingerprint density at radius 3 is 1.85 bits per heavy atom. The molecule has 74 valence electrons. The SMILES string of the molecule is CS(=O)(=O)ON=C(C(=O)O)C(=O)O. The summed E-state index contributed by atoms with van der Waals surface area (Å²) in [6.07, 6.45) is 0.595. The average Bonchev–Trinajstić information content (AvgIpc) is 1.82. The Morgan fingerprint density at radius 1 is 1.23 bits per heavy atom. The molecule has 0 unspecified atom stereocenters. The molecule has 0 saturated heterocycles. The maximum absolute atomic E-state index is 10.3. The minimum atomic E-state index is -4.00. The van der Waals surface area contributed by atoms with Gasteiger partial charge in [-0.15, -0.1) is 0 Å². The van der Waals surface area contributed by atoms with Gasteiger partial charge in [-0.1, -0.05) is 0 Å². The predicted octanol–water partition coefficient (Wildman–Crippen LogP) is -1.51. The second-order valence-corrected chi connectivity index (χ2v) is 3.39. The molecule has 0 aliphatic carbocycles. The van der Waals surface area contributed by atoms with Gasteiger partial charge in [-0.05, 0) is 5.16 Å². The Hall–Kier alpha value is -1.64. The quantitative estimate of drug-likeness (QED) is 0.328. The summed E-state index contributed by atoms with van der Waals surface area (Å²) in [5, 5.41) is 18.7. The summed E-state index contributed by atoms with van der Waals surface area (Å²) in [7, 11) is -4.00. The van der Waals surface area contributed by atoms with Crippen LogP contribution in [0.15, 0.2) is 5.16 Å². The molecule has 2 N–H and O–H groups in total. The number of rotatable bonds is 4. The fourth-order valence-corrected chi connectivity index (χ4v) is 0.484. The third-order valence-corrected chi connectivity index (χ3v) is 1.01. The van der Waals surface area contributed by atoms with Gasteiger partial charge >= 0.3 is 22.1 Å². The Balaban J connectivity index is 4.78. The third-order valence-electron chi connectivity index (χ3n) is 0.669. The first-order valence-corrected chi connectivity index (χ1v) is 4.49. The molecule has 0 amide bonds. The minimum absolute atomic E-state index is 0.595. The molecular weight excluding hydrogens is 206 g/mol. The lowest BCUT2D eigenvalue weighted by Crippen LogP contribution is -2.24. The molecule has 0 heterocycles. The topological polar surface area (TPSA) is 130 Å². The first kappa shape index (κ1) is 11.4. The van der Waals surface area contributed by atoms with E-state index in [2.05, 4.69) is 9.44 Å². The zero-order valence-corrected chi connectivity index (χ0v) is 7.11. The highest BCUT2D eigenvalue weighted by molar-refractivity contribution is 7.85. The van der Waals surface area contributed by atoms with Gasteiger partial charge < -0.3 is 10.2 Å². The fraction of sp³-hybridized carbons (Fsp3) is 0.250. The van der Waals surface area contributed by atoms with Crippen molar-refractivity contribution < 1.29 is 32.5 Å². The zero-order chi connectivity index (χ0) is 10.6. The summed E-state index contributed by atoms with van der Waals surface area (Å²) in [6.45, 7) is 0. The van der Waals surface area contributed by atoms with Crippen LogP contribution in [0.3, 0.4) is 0 Å². The Morgan fingerprint density at radius 2 is 1.62 bits per heavy atom. The van der Waals surface area contributed by atoms with Crippen molar-refractivity contribution in [2.75, 3.05) is 6.26 Å². The number of carboxylic acids is 2. The van der Waals surface area contributed by atoms with Gasteiger partial charge in [-0.3, -0.25) is 4.28 Å². The van der Waals surface area contributed by atoms with Crippen LogP contribution in [0.1, 0.15) is 0 Å². The molecule has 0 saturated carbocycles. The summed E-state index contributed by atoms with van der Waals surface area (Å²) < 4.78 is 24.1. The van der Waals surface area contributed by atoms with Gasteiger partial charge in [0.1, 0.15) is 0 Å². The van der Waals surface area contributed by atoms with Crippen molar-refractivity contribution in [3.05, 3.63) is 0 Å². The first-order valence-electron chi connectivity index (χ1n) is 2.67. The van der Waals surface area contributed by atoms with Gasteiger partial charge in [0.05, 0.1) is 6.26 Å². The molecule has 9 heteroatoms. The smallest absolute Gasteiger partial charge is 0.365 e. The number of oxime groups is 1. The molecule has 0 aromatic carbocycles. The maximum atomic E-state index is 10.3. The van der Waals surface area contributed by atoms with Crippen LogP contribution in [0.2, 0.25) is 0 Å². The fourth-order valence-electron chi connectivity index (χ4n) is 0.275. The average molecular weight is 211 g/mol. The minimum Gasteiger partial charge on any atom is -0.476 e. The molecule has 8 nitrogen and oxygen atoms in total. The second kappa shape index (κ2) is 3.85. The number of carboxylic acid groups (broad SMARTS) is 2. The molecule has 0 aromatic heterocycles. The van der Waals surface area contributed by atoms with Crippen molar-refractivity contribution in [3.63, 3.8) is 0 Å². The first-order chi connectivity index (χ1) is 5.74. The largest absolute Gasteiger partial charge is 0.476 e. The molecule has 0 rings (SSSR count). The Bertz CT molecular complexity index is 337. The highest BCUT2D eigenvalue weighted by Crippen LogP contribution is 1.90. The molecule has 0 atom stereocenters. The molecule has 0 spiro atoms. The van der Waals surface area contributed by atoms with Crippen LogP contribution in [-0.4, -0.2) is 42.5 Å². The van der Waals surface area contributed by atoms with E-state index in [4.69, 9.17) is 10.2 Å². The molecule has 0 aliphatic rings. The van der Waals surface area contributed by atoms with Crippen LogP contribution in [-0.2, 0) is 24.0 Å². The van der Waals surface area contributed by atoms with E-state index >= 15 is 0 Å². The summed E-state index contributed by atoms with van der Waals surface area (Å²) in [5.41, 5.74) is -1.41. The van der Waals surface area contributed by atoms with Gasteiger partial charge in [0.15, 0.2) is 0 Å². The molecule has 13 heavy (non-hydrogen) atoms. The van der Waals surface area contributed by atoms with Crippen molar-refractivity contribution in [2.45, 2.75) is 0 Å². The highest BCUT2D eigenvalue weighted by atomic mass is 32.2. The van der Waals surface area contributed by atoms with Crippen LogP contribution in [0, 0.1) is 0 Å². The van der Waals surface area contributed by atoms with Gasteiger partial charge in [0.25, 0.3) is 5.71 Å². The lowest BCUT2D eigenvalue weighted by molar-refractivity contribution is -0.134. The monoisotopic (exact) mass is 211 g/mol. The van der Waals surface area contributed by atoms with E-state index in [-0.39, 0.29) is 0 Å². The van der Waals surface area contributed by atoms with Crippen LogP contribution in [0.5, 0.6) is 0 Å². The van der Waals surface area contributed by atoms with Crippen molar-refractivity contribution in [3.8, 4) is 0 Å². The van der Waals surface area contributed by atoms with E-state index in [1.165, 1.54) is 0 Å². The molecule has 0 fully saturated rings. The van der Waals surface area contributed by atoms with Crippen molar-refractivity contribution in [1.82, 2.24) is 0 Å². The Kier molecular flexibility index (Phi) is 3.36. The zero-order valence-electron chi connectivity index (χ0n) is 6.29. The van der Waals surface area contributed by atoms with Crippen LogP contribution in [0.25, 0.3) is 0 Å². The number of hydrogen-bond acceptors (Lipinski definition) is 6. The third kappa shape index (κ3) is 4.74.